The number of aromatic nitrogens is 3. The Hall–Kier alpha value is -1.52. The van der Waals surface area contributed by atoms with Gasteiger partial charge in [0.1, 0.15) is 0 Å². The van der Waals surface area contributed by atoms with Gasteiger partial charge in [0.05, 0.1) is 12.9 Å². The van der Waals surface area contributed by atoms with Crippen LogP contribution in [0, 0.1) is 0 Å². The van der Waals surface area contributed by atoms with Gasteiger partial charge in [0.15, 0.2) is 0 Å². The first-order valence-electron chi connectivity index (χ1n) is 4.75. The van der Waals surface area contributed by atoms with Gasteiger partial charge in [-0.15, -0.1) is 5.10 Å². The number of ether oxygens (including phenoxy) is 1. The van der Waals surface area contributed by atoms with Crippen molar-refractivity contribution in [2.24, 2.45) is 0 Å². The molecule has 0 fully saturated rings. The minimum Gasteiger partial charge on any atom is -0.466 e. The number of rotatable bonds is 6. The molecule has 0 atom stereocenters. The van der Waals surface area contributed by atoms with Crippen LogP contribution in [-0.2, 0) is 10.0 Å². The Morgan fingerprint density at radius 2 is 2.11 bits per heavy atom. The second-order valence-corrected chi connectivity index (χ2v) is 5.15. The Balaban J connectivity index is 2.49. The fraction of sp³-hybridized carbons (Fsp3) is 0.714. The van der Waals surface area contributed by atoms with Gasteiger partial charge in [0.25, 0.3) is 0 Å². The lowest BCUT2D eigenvalue weighted by molar-refractivity contribution is -0.134. The number of aromatic amines is 1. The monoisotopic (exact) mass is 288 g/mol. The third kappa shape index (κ3) is 5.21. The minimum absolute atomic E-state index is 0.0806. The highest BCUT2D eigenvalue weighted by molar-refractivity contribution is 7.92. The zero-order valence-electron chi connectivity index (χ0n) is 9.28. The molecule has 0 aliphatic heterocycles. The SMILES string of the molecule is COc1n[nH]c(NS(=O)(=O)CCCC(F)(F)F)n1. The molecular weight excluding hydrogens is 277 g/mol. The number of nitrogens with one attached hydrogen (secondary N) is 2. The zero-order chi connectivity index (χ0) is 13.8. The van der Waals surface area contributed by atoms with E-state index in [4.69, 9.17) is 0 Å². The summed E-state index contributed by atoms with van der Waals surface area (Å²) in [6.45, 7) is 0. The van der Waals surface area contributed by atoms with Gasteiger partial charge < -0.3 is 4.74 Å². The van der Waals surface area contributed by atoms with Gasteiger partial charge in [-0.1, -0.05) is 0 Å². The molecule has 1 aromatic heterocycles. The molecule has 0 radical (unpaired) electrons. The lowest BCUT2D eigenvalue weighted by Crippen LogP contribution is -2.19. The second-order valence-electron chi connectivity index (χ2n) is 3.31. The highest BCUT2D eigenvalue weighted by atomic mass is 32.2. The van der Waals surface area contributed by atoms with Crippen LogP contribution in [-0.4, -0.2) is 42.6 Å². The average Bonchev–Trinajstić information content (AvgIpc) is 2.62. The molecule has 1 rings (SSSR count). The molecule has 1 heterocycles. The van der Waals surface area contributed by atoms with E-state index in [9.17, 15) is 21.6 Å². The summed E-state index contributed by atoms with van der Waals surface area (Å²) in [5.41, 5.74) is 0. The van der Waals surface area contributed by atoms with Gasteiger partial charge in [0, 0.05) is 6.42 Å². The van der Waals surface area contributed by atoms with Crippen LogP contribution in [0.1, 0.15) is 12.8 Å². The van der Waals surface area contributed by atoms with Crippen molar-refractivity contribution in [3.8, 4) is 6.01 Å². The molecule has 11 heteroatoms. The maximum absolute atomic E-state index is 11.8. The number of sulfonamides is 1. The summed E-state index contributed by atoms with van der Waals surface area (Å²) in [6.07, 6.45) is -6.05. The molecule has 0 saturated carbocycles. The number of nitrogens with zero attached hydrogens (tertiary/aromatic N) is 2. The van der Waals surface area contributed by atoms with E-state index < -0.39 is 34.8 Å². The number of halogens is 3. The molecular formula is C7H11F3N4O3S. The third-order valence-corrected chi connectivity index (χ3v) is 3.10. The molecule has 0 aliphatic carbocycles. The van der Waals surface area contributed by atoms with Crippen LogP contribution in [0.4, 0.5) is 19.1 Å². The van der Waals surface area contributed by atoms with Gasteiger partial charge in [-0.3, -0.25) is 4.72 Å². The van der Waals surface area contributed by atoms with Gasteiger partial charge in [0.2, 0.25) is 16.0 Å². The number of H-pyrrole nitrogens is 1. The van der Waals surface area contributed by atoms with Crippen molar-refractivity contribution in [1.29, 1.82) is 0 Å². The van der Waals surface area contributed by atoms with Gasteiger partial charge in [-0.2, -0.15) is 18.2 Å². The quantitative estimate of drug-likeness (QED) is 0.810. The van der Waals surface area contributed by atoms with E-state index in [-0.39, 0.29) is 12.0 Å². The molecule has 104 valence electrons. The van der Waals surface area contributed by atoms with Crippen molar-refractivity contribution in [2.75, 3.05) is 17.6 Å². The predicted molar refractivity (Wildman–Crippen MR) is 55.6 cm³/mol. The van der Waals surface area contributed by atoms with Crippen LogP contribution in [0.5, 0.6) is 6.01 Å². The summed E-state index contributed by atoms with van der Waals surface area (Å²) in [6, 6.07) is -0.0806. The van der Waals surface area contributed by atoms with Crippen LogP contribution >= 0.6 is 0 Å². The number of hydrogen-bond donors (Lipinski definition) is 2. The number of hydrogen-bond acceptors (Lipinski definition) is 5. The Kier molecular flexibility index (Phi) is 4.38. The summed E-state index contributed by atoms with van der Waals surface area (Å²) in [5.74, 6) is -0.867. The van der Waals surface area contributed by atoms with Gasteiger partial charge in [-0.05, 0) is 6.42 Å². The van der Waals surface area contributed by atoms with E-state index >= 15 is 0 Å². The van der Waals surface area contributed by atoms with Crippen LogP contribution < -0.4 is 9.46 Å². The van der Waals surface area contributed by atoms with Crippen LogP contribution in [0.25, 0.3) is 0 Å². The maximum Gasteiger partial charge on any atom is 0.389 e. The Labute approximate surface area is 101 Å². The van der Waals surface area contributed by atoms with Crippen molar-refractivity contribution in [2.45, 2.75) is 19.0 Å². The molecule has 1 aromatic rings. The van der Waals surface area contributed by atoms with Gasteiger partial charge in [-0.25, -0.2) is 13.5 Å². The summed E-state index contributed by atoms with van der Waals surface area (Å²) in [5, 5.41) is 5.69. The predicted octanol–water partition coefficient (Wildman–Crippen LogP) is 0.897. The highest BCUT2D eigenvalue weighted by Gasteiger charge is 2.27. The molecule has 2 N–H and O–H groups in total. The summed E-state index contributed by atoms with van der Waals surface area (Å²) < 4.78 is 64.8. The molecule has 0 aliphatic rings. The van der Waals surface area contributed by atoms with Crippen LogP contribution in [0.2, 0.25) is 0 Å². The molecule has 18 heavy (non-hydrogen) atoms. The largest absolute Gasteiger partial charge is 0.466 e. The van der Waals surface area contributed by atoms with Crippen molar-refractivity contribution in [3.63, 3.8) is 0 Å². The van der Waals surface area contributed by atoms with Crippen molar-refractivity contribution >= 4 is 16.0 Å². The van der Waals surface area contributed by atoms with E-state index in [1.165, 1.54) is 7.11 Å². The normalized spacial score (nSPS) is 12.4. The molecule has 0 aromatic carbocycles. The van der Waals surface area contributed by atoms with E-state index in [0.29, 0.717) is 0 Å². The molecule has 0 unspecified atom stereocenters. The van der Waals surface area contributed by atoms with Crippen LogP contribution in [0.3, 0.4) is 0 Å². The summed E-state index contributed by atoms with van der Waals surface area (Å²) in [7, 11) is -2.61. The lowest BCUT2D eigenvalue weighted by atomic mass is 10.3. The van der Waals surface area contributed by atoms with E-state index in [0.717, 1.165) is 0 Å². The smallest absolute Gasteiger partial charge is 0.389 e. The fourth-order valence-corrected chi connectivity index (χ4v) is 2.06. The number of methoxy groups -OCH3 is 1. The van der Waals surface area contributed by atoms with Gasteiger partial charge >= 0.3 is 12.2 Å². The van der Waals surface area contributed by atoms with E-state index in [1.54, 1.807) is 0 Å². The van der Waals surface area contributed by atoms with Crippen LogP contribution in [0.15, 0.2) is 0 Å². The topological polar surface area (TPSA) is 97.0 Å². The maximum atomic E-state index is 11.8. The Bertz CT molecular complexity index is 484. The third-order valence-electron chi connectivity index (χ3n) is 1.77. The number of anilines is 1. The second kappa shape index (κ2) is 5.42. The molecule has 0 amide bonds. The Morgan fingerprint density at radius 3 is 2.61 bits per heavy atom. The first kappa shape index (κ1) is 14.5. The van der Waals surface area contributed by atoms with Crippen molar-refractivity contribution < 1.29 is 26.3 Å². The highest BCUT2D eigenvalue weighted by Crippen LogP contribution is 2.21. The van der Waals surface area contributed by atoms with E-state index in [1.807, 2.05) is 4.72 Å². The first-order chi connectivity index (χ1) is 8.22. The minimum atomic E-state index is -4.37. The van der Waals surface area contributed by atoms with Crippen molar-refractivity contribution in [3.05, 3.63) is 0 Å². The average molecular weight is 288 g/mol. The number of alkyl halides is 3. The zero-order valence-corrected chi connectivity index (χ0v) is 10.1. The lowest BCUT2D eigenvalue weighted by Gasteiger charge is -2.06. The standard InChI is InChI=1S/C7H11F3N4O3S/c1-17-6-11-5(12-13-6)14-18(15,16)4-2-3-7(8,9)10/h2-4H2,1H3,(H2,11,12,13,14). The molecule has 7 nitrogen and oxygen atoms in total. The van der Waals surface area contributed by atoms with E-state index in [2.05, 4.69) is 19.9 Å². The summed E-state index contributed by atoms with van der Waals surface area (Å²) in [4.78, 5) is 3.57. The Morgan fingerprint density at radius 1 is 1.44 bits per heavy atom. The fourth-order valence-electron chi connectivity index (χ4n) is 1.04. The first-order valence-corrected chi connectivity index (χ1v) is 6.41. The molecule has 0 bridgehead atoms. The summed E-state index contributed by atoms with van der Waals surface area (Å²) >= 11 is 0. The molecule has 0 saturated heterocycles. The molecule has 0 spiro atoms. The van der Waals surface area contributed by atoms with Crippen molar-refractivity contribution in [1.82, 2.24) is 15.2 Å².